The first-order chi connectivity index (χ1) is 12.7. The van der Waals surface area contributed by atoms with Crippen molar-refractivity contribution in [2.45, 2.75) is 32.7 Å². The maximum atomic E-state index is 12.9. The standard InChI is InChI=1S/C18H25N5O3/c1-4-5-11-23-14-15(19-17(23)22-9-7-6-8-10-22)20-18(21(2)16(14)24)26-13-12-25-3/h6-13H2,1-3H3. The topological polar surface area (TPSA) is 74.4 Å². The van der Waals surface area contributed by atoms with Gasteiger partial charge in [0.1, 0.15) is 6.61 Å². The van der Waals surface area contributed by atoms with Crippen LogP contribution >= 0.6 is 0 Å². The van der Waals surface area contributed by atoms with Crippen LogP contribution in [-0.2, 0) is 18.3 Å². The molecule has 26 heavy (non-hydrogen) atoms. The molecule has 3 rings (SSSR count). The quantitative estimate of drug-likeness (QED) is 0.569. The van der Waals surface area contributed by atoms with Crippen molar-refractivity contribution >= 4 is 17.1 Å². The number of piperidine rings is 1. The van der Waals surface area contributed by atoms with Gasteiger partial charge < -0.3 is 14.4 Å². The second-order valence-corrected chi connectivity index (χ2v) is 6.24. The van der Waals surface area contributed by atoms with E-state index < -0.39 is 0 Å². The van der Waals surface area contributed by atoms with Crippen LogP contribution in [0.4, 0.5) is 5.95 Å². The maximum Gasteiger partial charge on any atom is 0.301 e. The number of imidazole rings is 1. The predicted octanol–water partition coefficient (Wildman–Crippen LogP) is 1.17. The molecule has 0 radical (unpaired) electrons. The molecular weight excluding hydrogens is 334 g/mol. The molecule has 0 N–H and O–H groups in total. The minimum atomic E-state index is -0.184. The Morgan fingerprint density at radius 2 is 1.92 bits per heavy atom. The predicted molar refractivity (Wildman–Crippen MR) is 99.7 cm³/mol. The summed E-state index contributed by atoms with van der Waals surface area (Å²) in [6.45, 7) is 4.81. The second-order valence-electron chi connectivity index (χ2n) is 6.24. The van der Waals surface area contributed by atoms with Crippen LogP contribution in [0.15, 0.2) is 4.79 Å². The Morgan fingerprint density at radius 3 is 2.62 bits per heavy atom. The molecule has 1 saturated heterocycles. The van der Waals surface area contributed by atoms with Gasteiger partial charge in [-0.3, -0.25) is 13.9 Å². The van der Waals surface area contributed by atoms with E-state index in [1.165, 1.54) is 11.0 Å². The third-order valence-electron chi connectivity index (χ3n) is 4.50. The molecule has 0 atom stereocenters. The largest absolute Gasteiger partial charge is 0.462 e. The van der Waals surface area contributed by atoms with Crippen molar-refractivity contribution in [2.24, 2.45) is 7.05 Å². The highest BCUT2D eigenvalue weighted by atomic mass is 16.5. The minimum Gasteiger partial charge on any atom is -0.462 e. The average Bonchev–Trinajstić information content (AvgIpc) is 3.03. The third-order valence-corrected chi connectivity index (χ3v) is 4.50. The fraction of sp³-hybridized carbons (Fsp3) is 0.611. The van der Waals surface area contributed by atoms with Crippen LogP contribution in [0.5, 0.6) is 6.01 Å². The molecule has 0 aliphatic carbocycles. The number of fused-ring (bicyclic) bond motifs is 1. The van der Waals surface area contributed by atoms with Crippen molar-refractivity contribution in [1.82, 2.24) is 19.1 Å². The van der Waals surface area contributed by atoms with Crippen molar-refractivity contribution in [1.29, 1.82) is 0 Å². The number of ether oxygens (including phenoxy) is 2. The monoisotopic (exact) mass is 359 g/mol. The van der Waals surface area contributed by atoms with Gasteiger partial charge in [-0.25, -0.2) is 0 Å². The maximum absolute atomic E-state index is 12.9. The second kappa shape index (κ2) is 8.23. The molecule has 140 valence electrons. The fourth-order valence-electron chi connectivity index (χ4n) is 3.12. The summed E-state index contributed by atoms with van der Waals surface area (Å²) in [5.41, 5.74) is 0.685. The molecule has 1 fully saturated rings. The number of nitrogens with zero attached hydrogens (tertiary/aromatic N) is 5. The van der Waals surface area contributed by atoms with E-state index in [1.54, 1.807) is 21.1 Å². The lowest BCUT2D eigenvalue weighted by Crippen LogP contribution is -2.32. The van der Waals surface area contributed by atoms with E-state index in [9.17, 15) is 4.79 Å². The summed E-state index contributed by atoms with van der Waals surface area (Å²) in [6.07, 6.45) is 3.47. The Labute approximate surface area is 152 Å². The van der Waals surface area contributed by atoms with Crippen LogP contribution in [0.1, 0.15) is 26.2 Å². The van der Waals surface area contributed by atoms with Gasteiger partial charge in [0.25, 0.3) is 5.56 Å². The van der Waals surface area contributed by atoms with E-state index in [4.69, 9.17) is 9.47 Å². The lowest BCUT2D eigenvalue weighted by atomic mass is 10.1. The zero-order chi connectivity index (χ0) is 18.5. The number of hydrogen-bond acceptors (Lipinski definition) is 6. The van der Waals surface area contributed by atoms with Gasteiger partial charge in [-0.05, 0) is 26.2 Å². The fourth-order valence-corrected chi connectivity index (χ4v) is 3.12. The van der Waals surface area contributed by atoms with Crippen molar-refractivity contribution in [2.75, 3.05) is 38.3 Å². The van der Waals surface area contributed by atoms with E-state index in [2.05, 4.69) is 26.7 Å². The van der Waals surface area contributed by atoms with Crippen LogP contribution in [0.25, 0.3) is 11.2 Å². The molecule has 1 aliphatic rings. The third kappa shape index (κ3) is 3.53. The Bertz CT molecular complexity index is 884. The molecule has 0 saturated carbocycles. The van der Waals surface area contributed by atoms with Gasteiger partial charge in [-0.2, -0.15) is 9.97 Å². The first kappa shape index (κ1) is 18.3. The molecule has 2 aromatic heterocycles. The van der Waals surface area contributed by atoms with Crippen LogP contribution in [0.3, 0.4) is 0 Å². The van der Waals surface area contributed by atoms with E-state index in [0.29, 0.717) is 30.9 Å². The molecule has 0 bridgehead atoms. The average molecular weight is 359 g/mol. The normalized spacial score (nSPS) is 14.3. The Hall–Kier alpha value is -2.53. The van der Waals surface area contributed by atoms with Crippen LogP contribution < -0.4 is 15.2 Å². The molecule has 8 heteroatoms. The van der Waals surface area contributed by atoms with Crippen molar-refractivity contribution in [3.63, 3.8) is 0 Å². The van der Waals surface area contributed by atoms with E-state index in [1.807, 2.05) is 4.57 Å². The van der Waals surface area contributed by atoms with Crippen molar-refractivity contribution < 1.29 is 9.47 Å². The van der Waals surface area contributed by atoms with Gasteiger partial charge in [0, 0.05) is 27.2 Å². The zero-order valence-electron chi connectivity index (χ0n) is 15.6. The van der Waals surface area contributed by atoms with Crippen LogP contribution in [-0.4, -0.2) is 52.5 Å². The summed E-state index contributed by atoms with van der Waals surface area (Å²) in [6, 6.07) is 0.246. The Balaban J connectivity index is 2.09. The van der Waals surface area contributed by atoms with Crippen molar-refractivity contribution in [3.8, 4) is 17.9 Å². The van der Waals surface area contributed by atoms with Gasteiger partial charge in [-0.15, -0.1) is 5.92 Å². The smallest absolute Gasteiger partial charge is 0.301 e. The van der Waals surface area contributed by atoms with Gasteiger partial charge in [0.15, 0.2) is 11.2 Å². The molecule has 8 nitrogen and oxygen atoms in total. The summed E-state index contributed by atoms with van der Waals surface area (Å²) in [5.74, 6) is 6.71. The Kier molecular flexibility index (Phi) is 5.78. The molecule has 2 aromatic rings. The highest BCUT2D eigenvalue weighted by molar-refractivity contribution is 5.74. The minimum absolute atomic E-state index is 0.184. The molecule has 0 spiro atoms. The van der Waals surface area contributed by atoms with E-state index >= 15 is 0 Å². The van der Waals surface area contributed by atoms with Gasteiger partial charge >= 0.3 is 6.01 Å². The van der Waals surface area contributed by atoms with Crippen LogP contribution in [0.2, 0.25) is 0 Å². The highest BCUT2D eigenvalue weighted by Crippen LogP contribution is 2.23. The number of aromatic nitrogens is 4. The summed E-state index contributed by atoms with van der Waals surface area (Å²) in [5, 5.41) is 0. The molecular formula is C18H25N5O3. The first-order valence-electron chi connectivity index (χ1n) is 8.91. The zero-order valence-corrected chi connectivity index (χ0v) is 15.6. The molecule has 3 heterocycles. The summed E-state index contributed by atoms with van der Waals surface area (Å²) in [4.78, 5) is 24.3. The number of hydrogen-bond donors (Lipinski definition) is 0. The number of anilines is 1. The van der Waals surface area contributed by atoms with Gasteiger partial charge in [-0.1, -0.05) is 5.92 Å². The van der Waals surface area contributed by atoms with Crippen molar-refractivity contribution in [3.05, 3.63) is 10.4 Å². The SMILES string of the molecule is CC#CCn1c(N2CCCCC2)nc2nc(OCCOC)n(C)c(=O)c21. The molecule has 0 aromatic carbocycles. The molecule has 0 unspecified atom stereocenters. The molecule has 0 amide bonds. The lowest BCUT2D eigenvalue weighted by molar-refractivity contribution is 0.138. The summed E-state index contributed by atoms with van der Waals surface area (Å²) in [7, 11) is 3.25. The number of methoxy groups -OCH3 is 1. The highest BCUT2D eigenvalue weighted by Gasteiger charge is 2.23. The van der Waals surface area contributed by atoms with Crippen LogP contribution in [0, 0.1) is 11.8 Å². The van der Waals surface area contributed by atoms with Gasteiger partial charge in [0.05, 0.1) is 13.2 Å². The van der Waals surface area contributed by atoms with E-state index in [-0.39, 0.29) is 11.6 Å². The summed E-state index contributed by atoms with van der Waals surface area (Å²) < 4.78 is 13.9. The first-order valence-corrected chi connectivity index (χ1v) is 8.91. The number of rotatable bonds is 6. The van der Waals surface area contributed by atoms with E-state index in [0.717, 1.165) is 31.9 Å². The molecule has 1 aliphatic heterocycles. The Morgan fingerprint density at radius 1 is 1.15 bits per heavy atom. The lowest BCUT2D eigenvalue weighted by Gasteiger charge is -2.27. The summed E-state index contributed by atoms with van der Waals surface area (Å²) >= 11 is 0. The van der Waals surface area contributed by atoms with Gasteiger partial charge in [0.2, 0.25) is 5.95 Å².